The minimum atomic E-state index is -4.26. The Hall–Kier alpha value is -0.290. The fourth-order valence-electron chi connectivity index (χ4n) is 2.68. The van der Waals surface area contributed by atoms with Crippen LogP contribution in [0.1, 0.15) is 40.0 Å². The number of hydroxylamine groups is 1. The first-order chi connectivity index (χ1) is 7.18. The minimum Gasteiger partial charge on any atom is -0.292 e. The second kappa shape index (κ2) is 4.92. The highest BCUT2D eigenvalue weighted by Crippen LogP contribution is 2.38. The molecule has 0 heterocycles. The Kier molecular flexibility index (Phi) is 4.23. The molecular weight excluding hydrogens is 219 g/mol. The van der Waals surface area contributed by atoms with E-state index in [2.05, 4.69) is 31.1 Å². The van der Waals surface area contributed by atoms with Gasteiger partial charge in [0.05, 0.1) is 0 Å². The Bertz CT molecular complexity index is 228. The van der Waals surface area contributed by atoms with Gasteiger partial charge in [0.1, 0.15) is 0 Å². The van der Waals surface area contributed by atoms with Gasteiger partial charge in [-0.2, -0.15) is 18.7 Å². The monoisotopic (exact) mass is 239 g/mol. The Morgan fingerprint density at radius 1 is 1.31 bits per heavy atom. The van der Waals surface area contributed by atoms with Crippen molar-refractivity contribution in [3.63, 3.8) is 0 Å². The lowest BCUT2D eigenvalue weighted by molar-refractivity contribution is -0.195. The average Bonchev–Trinajstić information content (AvgIpc) is 1.96. The van der Waals surface area contributed by atoms with Crippen molar-refractivity contribution >= 4 is 0 Å². The molecule has 2 unspecified atom stereocenters. The standard InChI is InChI=1S/C11H20F3NO/c1-8-4-9(6-10(2,3)5-8)15-16-7-11(12,13)14/h8-9,15H,4-7H2,1-3H3. The molecule has 96 valence electrons. The molecule has 5 heteroatoms. The van der Waals surface area contributed by atoms with E-state index in [1.807, 2.05) is 0 Å². The average molecular weight is 239 g/mol. The summed E-state index contributed by atoms with van der Waals surface area (Å²) in [5, 5.41) is 0. The molecule has 1 saturated carbocycles. The molecule has 1 fully saturated rings. The summed E-state index contributed by atoms with van der Waals surface area (Å²) in [4.78, 5) is 4.50. The van der Waals surface area contributed by atoms with Crippen LogP contribution < -0.4 is 5.48 Å². The van der Waals surface area contributed by atoms with Gasteiger partial charge in [0.25, 0.3) is 0 Å². The first-order valence-corrected chi connectivity index (χ1v) is 5.62. The van der Waals surface area contributed by atoms with Crippen molar-refractivity contribution in [2.75, 3.05) is 6.61 Å². The maximum Gasteiger partial charge on any atom is 0.413 e. The molecular formula is C11H20F3NO. The van der Waals surface area contributed by atoms with Crippen LogP contribution in [0.5, 0.6) is 0 Å². The number of rotatable bonds is 3. The van der Waals surface area contributed by atoms with Crippen LogP contribution in [-0.2, 0) is 4.84 Å². The van der Waals surface area contributed by atoms with Crippen molar-refractivity contribution in [3.05, 3.63) is 0 Å². The zero-order chi connectivity index (χ0) is 12.4. The predicted octanol–water partition coefficient (Wildman–Crippen LogP) is 3.28. The third-order valence-electron chi connectivity index (χ3n) is 2.87. The minimum absolute atomic E-state index is 0.0288. The van der Waals surface area contributed by atoms with Crippen LogP contribution in [0.2, 0.25) is 0 Å². The SMILES string of the molecule is CC1CC(NOCC(F)(F)F)CC(C)(C)C1. The molecule has 0 aliphatic heterocycles. The molecule has 2 atom stereocenters. The second-order valence-electron chi connectivity index (χ2n) is 5.63. The molecule has 0 radical (unpaired) electrons. The van der Waals surface area contributed by atoms with Crippen LogP contribution in [0.4, 0.5) is 13.2 Å². The molecule has 1 aliphatic carbocycles. The van der Waals surface area contributed by atoms with E-state index in [0.29, 0.717) is 5.92 Å². The van der Waals surface area contributed by atoms with Crippen molar-refractivity contribution < 1.29 is 18.0 Å². The Balaban J connectivity index is 2.32. The first kappa shape index (κ1) is 13.8. The van der Waals surface area contributed by atoms with Gasteiger partial charge >= 0.3 is 6.18 Å². The molecule has 0 saturated heterocycles. The summed E-state index contributed by atoms with van der Waals surface area (Å²) in [6.07, 6.45) is -1.41. The topological polar surface area (TPSA) is 21.3 Å². The zero-order valence-electron chi connectivity index (χ0n) is 10.0. The number of hydrogen-bond donors (Lipinski definition) is 1. The van der Waals surface area contributed by atoms with E-state index >= 15 is 0 Å². The van der Waals surface area contributed by atoms with Crippen LogP contribution in [0.3, 0.4) is 0 Å². The first-order valence-electron chi connectivity index (χ1n) is 5.62. The second-order valence-corrected chi connectivity index (χ2v) is 5.63. The van der Waals surface area contributed by atoms with Gasteiger partial charge in [-0.3, -0.25) is 4.84 Å². The molecule has 0 amide bonds. The van der Waals surface area contributed by atoms with Gasteiger partial charge in [0, 0.05) is 6.04 Å². The summed E-state index contributed by atoms with van der Waals surface area (Å²) in [5.74, 6) is 0.524. The van der Waals surface area contributed by atoms with Crippen molar-refractivity contribution in [1.82, 2.24) is 5.48 Å². The third kappa shape index (κ3) is 5.16. The summed E-state index contributed by atoms with van der Waals surface area (Å²) >= 11 is 0. The summed E-state index contributed by atoms with van der Waals surface area (Å²) in [5.41, 5.74) is 2.72. The summed E-state index contributed by atoms with van der Waals surface area (Å²) in [7, 11) is 0. The van der Waals surface area contributed by atoms with Crippen LogP contribution in [-0.4, -0.2) is 18.8 Å². The number of alkyl halides is 3. The number of hydrogen-bond acceptors (Lipinski definition) is 2. The van der Waals surface area contributed by atoms with Crippen molar-refractivity contribution in [1.29, 1.82) is 0 Å². The van der Waals surface area contributed by atoms with Gasteiger partial charge in [-0.15, -0.1) is 0 Å². The van der Waals surface area contributed by atoms with Crippen molar-refractivity contribution in [2.24, 2.45) is 11.3 Å². The van der Waals surface area contributed by atoms with E-state index in [9.17, 15) is 13.2 Å². The molecule has 1 N–H and O–H groups in total. The van der Waals surface area contributed by atoms with Gasteiger partial charge in [-0.05, 0) is 30.6 Å². The summed E-state index contributed by atoms with van der Waals surface area (Å²) in [6.45, 7) is 5.18. The summed E-state index contributed by atoms with van der Waals surface area (Å²) < 4.78 is 35.6. The normalized spacial score (nSPS) is 30.4. The van der Waals surface area contributed by atoms with Gasteiger partial charge in [0.2, 0.25) is 0 Å². The molecule has 1 rings (SSSR count). The third-order valence-corrected chi connectivity index (χ3v) is 2.87. The maximum absolute atomic E-state index is 11.9. The molecule has 0 spiro atoms. The Morgan fingerprint density at radius 2 is 1.94 bits per heavy atom. The molecule has 16 heavy (non-hydrogen) atoms. The summed E-state index contributed by atoms with van der Waals surface area (Å²) in [6, 6.07) is 0.0288. The van der Waals surface area contributed by atoms with Crippen LogP contribution >= 0.6 is 0 Å². The van der Waals surface area contributed by atoms with Crippen molar-refractivity contribution in [2.45, 2.75) is 52.3 Å². The zero-order valence-corrected chi connectivity index (χ0v) is 10.0. The van der Waals surface area contributed by atoms with E-state index in [1.54, 1.807) is 0 Å². The quantitative estimate of drug-likeness (QED) is 0.763. The lowest BCUT2D eigenvalue weighted by atomic mass is 9.71. The van der Waals surface area contributed by atoms with Gasteiger partial charge < -0.3 is 0 Å². The molecule has 0 aromatic carbocycles. The lowest BCUT2D eigenvalue weighted by Crippen LogP contribution is -2.41. The van der Waals surface area contributed by atoms with Gasteiger partial charge in [-0.25, -0.2) is 0 Å². The highest BCUT2D eigenvalue weighted by atomic mass is 19.4. The highest BCUT2D eigenvalue weighted by molar-refractivity contribution is 4.85. The largest absolute Gasteiger partial charge is 0.413 e. The molecule has 0 aromatic heterocycles. The highest BCUT2D eigenvalue weighted by Gasteiger charge is 2.33. The van der Waals surface area contributed by atoms with Gasteiger partial charge in [0.15, 0.2) is 6.61 Å². The van der Waals surface area contributed by atoms with E-state index in [-0.39, 0.29) is 11.5 Å². The van der Waals surface area contributed by atoms with Crippen LogP contribution in [0, 0.1) is 11.3 Å². The number of nitrogens with one attached hydrogen (secondary N) is 1. The van der Waals surface area contributed by atoms with Crippen molar-refractivity contribution in [3.8, 4) is 0 Å². The van der Waals surface area contributed by atoms with Crippen LogP contribution in [0.25, 0.3) is 0 Å². The lowest BCUT2D eigenvalue weighted by Gasteiger charge is -2.39. The molecule has 0 aromatic rings. The van der Waals surface area contributed by atoms with E-state index in [1.165, 1.54) is 0 Å². The van der Waals surface area contributed by atoms with Gasteiger partial charge in [-0.1, -0.05) is 20.8 Å². The fraction of sp³-hybridized carbons (Fsp3) is 1.00. The number of halogens is 3. The maximum atomic E-state index is 11.9. The van der Waals surface area contributed by atoms with E-state index in [0.717, 1.165) is 19.3 Å². The van der Waals surface area contributed by atoms with E-state index in [4.69, 9.17) is 0 Å². The molecule has 1 aliphatic rings. The van der Waals surface area contributed by atoms with Crippen LogP contribution in [0.15, 0.2) is 0 Å². The molecule has 0 bridgehead atoms. The Labute approximate surface area is 94.5 Å². The Morgan fingerprint density at radius 3 is 2.44 bits per heavy atom. The smallest absolute Gasteiger partial charge is 0.292 e. The molecule has 2 nitrogen and oxygen atoms in total. The fourth-order valence-corrected chi connectivity index (χ4v) is 2.68. The van der Waals surface area contributed by atoms with E-state index < -0.39 is 12.8 Å². The predicted molar refractivity (Wildman–Crippen MR) is 55.7 cm³/mol.